The number of rotatable bonds is 1. The van der Waals surface area contributed by atoms with Crippen molar-refractivity contribution in [3.05, 3.63) is 35.0 Å². The molecule has 2 N–H and O–H groups in total. The Morgan fingerprint density at radius 2 is 2.11 bits per heavy atom. The molecule has 0 radical (unpaired) electrons. The molecule has 0 unspecified atom stereocenters. The molecule has 1 heterocycles. The third kappa shape index (κ3) is 1.30. The van der Waals surface area contributed by atoms with Crippen molar-refractivity contribution >= 4 is 17.4 Å². The van der Waals surface area contributed by atoms with E-state index in [0.29, 0.717) is 22.5 Å². The Kier molecular flexibility index (Phi) is 2.10. The lowest BCUT2D eigenvalue weighted by Crippen LogP contribution is -2.10. The minimum absolute atomic E-state index is 0.0874. The maximum absolute atomic E-state index is 12.4. The highest BCUT2D eigenvalue weighted by molar-refractivity contribution is 6.25. The highest BCUT2D eigenvalue weighted by Crippen LogP contribution is 2.39. The Balaban J connectivity index is 2.24. The molecule has 1 amide bonds. The van der Waals surface area contributed by atoms with E-state index in [0.717, 1.165) is 11.3 Å². The number of aromatic amines is 1. The number of fused-ring (bicyclic) bond motifs is 3. The van der Waals surface area contributed by atoms with Crippen LogP contribution in [0.3, 0.4) is 0 Å². The Morgan fingerprint density at radius 3 is 2.83 bits per heavy atom. The molecule has 1 aromatic carbocycles. The summed E-state index contributed by atoms with van der Waals surface area (Å²) in [5.74, 6) is -0.283. The summed E-state index contributed by atoms with van der Waals surface area (Å²) in [4.78, 5) is 23.5. The average Bonchev–Trinajstić information content (AvgIpc) is 2.81. The Labute approximate surface area is 103 Å². The number of carbonyl (C=O) groups excluding carboxylic acids is 2. The monoisotopic (exact) mass is 241 g/mol. The van der Waals surface area contributed by atoms with Gasteiger partial charge < -0.3 is 5.32 Å². The fraction of sp³-hybridized carbons (Fsp3) is 0.154. The van der Waals surface area contributed by atoms with Crippen LogP contribution in [0.1, 0.15) is 28.5 Å². The second-order valence-electron chi connectivity index (χ2n) is 4.31. The molecule has 5 heteroatoms. The first-order valence-electron chi connectivity index (χ1n) is 5.60. The minimum Gasteiger partial charge on any atom is -0.326 e. The van der Waals surface area contributed by atoms with Gasteiger partial charge in [0.2, 0.25) is 5.91 Å². The molecule has 1 aromatic heterocycles. The molecule has 1 aliphatic carbocycles. The molecule has 2 aromatic rings. The van der Waals surface area contributed by atoms with E-state index in [4.69, 9.17) is 0 Å². The maximum Gasteiger partial charge on any atom is 0.221 e. The van der Waals surface area contributed by atoms with Gasteiger partial charge in [0, 0.05) is 18.2 Å². The van der Waals surface area contributed by atoms with Gasteiger partial charge in [-0.2, -0.15) is 5.10 Å². The van der Waals surface area contributed by atoms with E-state index in [2.05, 4.69) is 15.5 Å². The third-order valence-electron chi connectivity index (χ3n) is 3.03. The highest BCUT2D eigenvalue weighted by Gasteiger charge is 2.33. The van der Waals surface area contributed by atoms with Gasteiger partial charge >= 0.3 is 0 Å². The molecule has 0 saturated heterocycles. The smallest absolute Gasteiger partial charge is 0.221 e. The Bertz CT molecular complexity index is 686. The molecule has 0 saturated carbocycles. The molecule has 1 aliphatic rings. The van der Waals surface area contributed by atoms with Crippen LogP contribution in [-0.2, 0) is 4.79 Å². The van der Waals surface area contributed by atoms with Crippen molar-refractivity contribution in [2.75, 3.05) is 5.32 Å². The van der Waals surface area contributed by atoms with E-state index >= 15 is 0 Å². The number of H-pyrrole nitrogens is 1. The number of amides is 1. The first-order valence-corrected chi connectivity index (χ1v) is 5.60. The lowest BCUT2D eigenvalue weighted by Gasteiger charge is -2.07. The summed E-state index contributed by atoms with van der Waals surface area (Å²) in [6.07, 6.45) is 0. The Morgan fingerprint density at radius 1 is 1.33 bits per heavy atom. The maximum atomic E-state index is 12.4. The van der Waals surface area contributed by atoms with Crippen molar-refractivity contribution in [2.45, 2.75) is 13.8 Å². The van der Waals surface area contributed by atoms with Crippen molar-refractivity contribution < 1.29 is 9.59 Å². The van der Waals surface area contributed by atoms with Gasteiger partial charge in [0.1, 0.15) is 5.69 Å². The predicted octanol–water partition coefficient (Wildman–Crippen LogP) is 1.89. The second-order valence-corrected chi connectivity index (χ2v) is 4.31. The number of aromatic nitrogens is 2. The zero-order chi connectivity index (χ0) is 12.9. The summed E-state index contributed by atoms with van der Waals surface area (Å²) >= 11 is 0. The SMILES string of the molecule is CC(=O)Nc1cccc2c1C(=O)c1c-2n[nH]c1C. The van der Waals surface area contributed by atoms with Crippen LogP contribution in [0, 0.1) is 6.92 Å². The van der Waals surface area contributed by atoms with Gasteiger partial charge in [-0.3, -0.25) is 14.7 Å². The molecule has 3 rings (SSSR count). The van der Waals surface area contributed by atoms with Gasteiger partial charge in [-0.05, 0) is 13.0 Å². The minimum atomic E-state index is -0.195. The van der Waals surface area contributed by atoms with E-state index in [-0.39, 0.29) is 11.7 Å². The normalized spacial score (nSPS) is 12.2. The summed E-state index contributed by atoms with van der Waals surface area (Å²) in [6.45, 7) is 3.23. The summed E-state index contributed by atoms with van der Waals surface area (Å²) in [7, 11) is 0. The molecular weight excluding hydrogens is 230 g/mol. The summed E-state index contributed by atoms with van der Waals surface area (Å²) in [5.41, 5.74) is 3.86. The fourth-order valence-electron chi connectivity index (χ4n) is 2.31. The number of carbonyl (C=O) groups is 2. The van der Waals surface area contributed by atoms with Gasteiger partial charge in [0.05, 0.1) is 16.8 Å². The number of nitrogens with zero attached hydrogens (tertiary/aromatic N) is 1. The number of benzene rings is 1. The third-order valence-corrected chi connectivity index (χ3v) is 3.03. The van der Waals surface area contributed by atoms with E-state index in [1.54, 1.807) is 12.1 Å². The summed E-state index contributed by atoms with van der Waals surface area (Å²) < 4.78 is 0. The van der Waals surface area contributed by atoms with Gasteiger partial charge in [-0.25, -0.2) is 0 Å². The first kappa shape index (κ1) is 10.7. The van der Waals surface area contributed by atoms with Crippen molar-refractivity contribution in [3.8, 4) is 11.3 Å². The lowest BCUT2D eigenvalue weighted by molar-refractivity contribution is -0.114. The standard InChI is InChI=1S/C13H11N3O2/c1-6-10-12(16-15-6)8-4-3-5-9(14-7(2)17)11(8)13(10)18/h3-5H,1-2H3,(H,14,17)(H,15,16). The quantitative estimate of drug-likeness (QED) is 0.683. The number of aryl methyl sites for hydroxylation is 1. The van der Waals surface area contributed by atoms with Crippen LogP contribution in [0.5, 0.6) is 0 Å². The van der Waals surface area contributed by atoms with E-state index in [1.165, 1.54) is 6.92 Å². The predicted molar refractivity (Wildman–Crippen MR) is 66.5 cm³/mol. The number of anilines is 1. The van der Waals surface area contributed by atoms with Crippen molar-refractivity contribution in [1.82, 2.24) is 10.2 Å². The highest BCUT2D eigenvalue weighted by atomic mass is 16.1. The van der Waals surface area contributed by atoms with E-state index < -0.39 is 0 Å². The molecule has 90 valence electrons. The second kappa shape index (κ2) is 3.53. The van der Waals surface area contributed by atoms with Gasteiger partial charge in [-0.15, -0.1) is 0 Å². The fourth-order valence-corrected chi connectivity index (χ4v) is 2.31. The molecule has 0 aliphatic heterocycles. The average molecular weight is 241 g/mol. The van der Waals surface area contributed by atoms with Crippen molar-refractivity contribution in [1.29, 1.82) is 0 Å². The molecule has 0 fully saturated rings. The van der Waals surface area contributed by atoms with Crippen LogP contribution in [0.15, 0.2) is 18.2 Å². The molecule has 0 atom stereocenters. The molecule has 5 nitrogen and oxygen atoms in total. The largest absolute Gasteiger partial charge is 0.326 e. The van der Waals surface area contributed by atoms with Crippen LogP contribution in [0.25, 0.3) is 11.3 Å². The van der Waals surface area contributed by atoms with Crippen LogP contribution in [-0.4, -0.2) is 21.9 Å². The van der Waals surface area contributed by atoms with Gasteiger partial charge in [0.15, 0.2) is 5.78 Å². The number of ketones is 1. The first-order chi connectivity index (χ1) is 8.59. The lowest BCUT2D eigenvalue weighted by atomic mass is 10.1. The molecular formula is C13H11N3O2. The van der Waals surface area contributed by atoms with E-state index in [9.17, 15) is 9.59 Å². The van der Waals surface area contributed by atoms with Crippen LogP contribution >= 0.6 is 0 Å². The van der Waals surface area contributed by atoms with E-state index in [1.807, 2.05) is 13.0 Å². The van der Waals surface area contributed by atoms with Gasteiger partial charge in [0.25, 0.3) is 0 Å². The molecule has 18 heavy (non-hydrogen) atoms. The zero-order valence-electron chi connectivity index (χ0n) is 10.00. The number of hydrogen-bond acceptors (Lipinski definition) is 3. The number of hydrogen-bond donors (Lipinski definition) is 2. The topological polar surface area (TPSA) is 74.8 Å². The summed E-state index contributed by atoms with van der Waals surface area (Å²) in [6, 6.07) is 5.37. The molecule has 0 bridgehead atoms. The zero-order valence-corrected chi connectivity index (χ0v) is 10.00. The van der Waals surface area contributed by atoms with Crippen molar-refractivity contribution in [2.24, 2.45) is 0 Å². The van der Waals surface area contributed by atoms with Crippen molar-refractivity contribution in [3.63, 3.8) is 0 Å². The summed E-state index contributed by atoms with van der Waals surface area (Å²) in [5, 5.41) is 9.64. The van der Waals surface area contributed by atoms with Crippen LogP contribution < -0.4 is 5.32 Å². The Hall–Kier alpha value is -2.43. The number of nitrogens with one attached hydrogen (secondary N) is 2. The van der Waals surface area contributed by atoms with Crippen LogP contribution in [0.4, 0.5) is 5.69 Å². The molecule has 0 spiro atoms. The van der Waals surface area contributed by atoms with Crippen LogP contribution in [0.2, 0.25) is 0 Å². The van der Waals surface area contributed by atoms with Gasteiger partial charge in [-0.1, -0.05) is 12.1 Å².